The van der Waals surface area contributed by atoms with Crippen molar-refractivity contribution in [2.45, 2.75) is 110 Å². The molecule has 17 heteroatoms. The fourth-order valence-electron chi connectivity index (χ4n) is 7.05. The van der Waals surface area contributed by atoms with Gasteiger partial charge in [-0.25, -0.2) is 23.9 Å². The lowest BCUT2D eigenvalue weighted by atomic mass is 9.82. The molecule has 1 N–H and O–H groups in total. The van der Waals surface area contributed by atoms with Crippen LogP contribution in [0.2, 0.25) is 0 Å². The van der Waals surface area contributed by atoms with Crippen LogP contribution in [0.4, 0.5) is 4.79 Å². The number of aryl methyl sites for hydroxylation is 1. The lowest BCUT2D eigenvalue weighted by molar-refractivity contribution is -0.173. The summed E-state index contributed by atoms with van der Waals surface area (Å²) in [5, 5.41) is 2.67. The van der Waals surface area contributed by atoms with Crippen LogP contribution in [0.3, 0.4) is 0 Å². The van der Waals surface area contributed by atoms with Crippen molar-refractivity contribution < 1.29 is 61.9 Å². The molecule has 3 heterocycles. The number of nitrogens with zero attached hydrogens (tertiary/aromatic N) is 3. The molecule has 0 saturated carbocycles. The van der Waals surface area contributed by atoms with E-state index in [2.05, 4.69) is 10.3 Å². The van der Waals surface area contributed by atoms with Crippen LogP contribution < -0.4 is 19.5 Å². The first-order valence-electron chi connectivity index (χ1n) is 20.3. The summed E-state index contributed by atoms with van der Waals surface area (Å²) in [5.74, 6) is -3.46. The van der Waals surface area contributed by atoms with E-state index in [1.807, 2.05) is 19.1 Å². The third-order valence-corrected chi connectivity index (χ3v) is 11.1. The number of aromatic nitrogens is 2. The Kier molecular flexibility index (Phi) is 14.9. The van der Waals surface area contributed by atoms with Crippen LogP contribution in [0.1, 0.15) is 90.9 Å². The Bertz CT molecular complexity index is 2070. The molecule has 1 aromatic heterocycles. The van der Waals surface area contributed by atoms with E-state index < -0.39 is 70.7 Å². The second-order valence-corrected chi connectivity index (χ2v) is 16.2. The van der Waals surface area contributed by atoms with Crippen molar-refractivity contribution >= 4 is 35.6 Å². The van der Waals surface area contributed by atoms with Gasteiger partial charge in [0.2, 0.25) is 5.78 Å². The van der Waals surface area contributed by atoms with Gasteiger partial charge in [-0.3, -0.25) is 14.4 Å². The quantitative estimate of drug-likeness (QED) is 0.0812. The molecule has 0 bridgehead atoms. The number of amides is 2. The Morgan fingerprint density at radius 2 is 1.70 bits per heavy atom. The molecule has 17 nitrogen and oxygen atoms in total. The zero-order valence-electron chi connectivity index (χ0n) is 36.0. The lowest BCUT2D eigenvalue weighted by Crippen LogP contribution is -2.60. The summed E-state index contributed by atoms with van der Waals surface area (Å²) in [6.45, 7) is 10.2. The number of ketones is 1. The summed E-state index contributed by atoms with van der Waals surface area (Å²) >= 11 is 0. The zero-order valence-corrected chi connectivity index (χ0v) is 36.0. The first-order valence-corrected chi connectivity index (χ1v) is 20.3. The van der Waals surface area contributed by atoms with E-state index in [0.29, 0.717) is 61.3 Å². The van der Waals surface area contributed by atoms with Crippen molar-refractivity contribution in [2.24, 2.45) is 5.41 Å². The molecule has 0 spiro atoms. The largest absolute Gasteiger partial charge is 0.493 e. The number of rotatable bonds is 17. The lowest BCUT2D eigenvalue weighted by Gasteiger charge is -2.43. The van der Waals surface area contributed by atoms with Crippen molar-refractivity contribution in [2.75, 3.05) is 33.9 Å². The van der Waals surface area contributed by atoms with Crippen LogP contribution in [-0.2, 0) is 49.3 Å². The molecule has 2 aliphatic heterocycles. The third-order valence-electron chi connectivity index (χ3n) is 11.1. The van der Waals surface area contributed by atoms with E-state index in [9.17, 15) is 28.8 Å². The summed E-state index contributed by atoms with van der Waals surface area (Å²) in [4.78, 5) is 84.9. The second kappa shape index (κ2) is 19.7. The van der Waals surface area contributed by atoms with Crippen molar-refractivity contribution in [3.05, 3.63) is 72.3 Å². The van der Waals surface area contributed by atoms with Crippen LogP contribution in [0.5, 0.6) is 17.2 Å². The first-order chi connectivity index (χ1) is 28.9. The number of methoxy groups -OCH3 is 2. The van der Waals surface area contributed by atoms with E-state index >= 15 is 0 Å². The van der Waals surface area contributed by atoms with E-state index in [0.717, 1.165) is 16.5 Å². The fraction of sp³-hybridized carbons (Fsp3) is 0.523. The molecule has 4 atom stereocenters. The highest BCUT2D eigenvalue weighted by atomic mass is 16.8. The Balaban J connectivity index is 1.29. The number of Topliss-reactive ketones (excluding diaryl/α,β-unsaturated/α-hetero) is 1. The van der Waals surface area contributed by atoms with Crippen molar-refractivity contribution in [3.63, 3.8) is 0 Å². The van der Waals surface area contributed by atoms with Gasteiger partial charge in [-0.2, -0.15) is 0 Å². The van der Waals surface area contributed by atoms with Gasteiger partial charge in [0.25, 0.3) is 11.8 Å². The minimum absolute atomic E-state index is 0.00618. The van der Waals surface area contributed by atoms with Crippen LogP contribution in [0.25, 0.3) is 0 Å². The smallest absolute Gasteiger partial charge is 0.427 e. The number of hydrogen-bond acceptors (Lipinski definition) is 14. The highest BCUT2D eigenvalue weighted by Gasteiger charge is 2.51. The Labute approximate surface area is 355 Å². The number of piperidine rings is 1. The van der Waals surface area contributed by atoms with Crippen LogP contribution in [-0.4, -0.2) is 108 Å². The third kappa shape index (κ3) is 11.1. The molecule has 2 aromatic carbocycles. The average molecular weight is 849 g/mol. The zero-order chi connectivity index (χ0) is 44.5. The van der Waals surface area contributed by atoms with Gasteiger partial charge in [0.15, 0.2) is 29.5 Å². The Morgan fingerprint density at radius 3 is 2.39 bits per heavy atom. The molecule has 0 aliphatic carbocycles. The molecule has 2 unspecified atom stereocenters. The fourth-order valence-corrected chi connectivity index (χ4v) is 7.05. The van der Waals surface area contributed by atoms with Gasteiger partial charge in [-0.15, -0.1) is 0 Å². The van der Waals surface area contributed by atoms with Gasteiger partial charge in [-0.05, 0) is 94.7 Å². The molecule has 5 rings (SSSR count). The van der Waals surface area contributed by atoms with Gasteiger partial charge >= 0.3 is 18.0 Å². The molecule has 2 fully saturated rings. The summed E-state index contributed by atoms with van der Waals surface area (Å²) < 4.78 is 40.4. The Hall–Kier alpha value is -5.81. The Morgan fingerprint density at radius 1 is 0.967 bits per heavy atom. The normalized spacial score (nSPS) is 20.2. The maximum Gasteiger partial charge on any atom is 0.427 e. The average Bonchev–Trinajstić information content (AvgIpc) is 3.91. The molecule has 2 amide bonds. The molecular weight excluding hydrogens is 792 g/mol. The second-order valence-electron chi connectivity index (χ2n) is 16.2. The highest BCUT2D eigenvalue weighted by Crippen LogP contribution is 2.36. The van der Waals surface area contributed by atoms with Crippen LogP contribution >= 0.6 is 0 Å². The van der Waals surface area contributed by atoms with Crippen molar-refractivity contribution in [3.8, 4) is 17.2 Å². The number of hydrogen-bond donors (Lipinski definition) is 1. The summed E-state index contributed by atoms with van der Waals surface area (Å²) in [7, 11) is 3.10. The predicted molar refractivity (Wildman–Crippen MR) is 218 cm³/mol. The molecule has 0 radical (unpaired) electrons. The molecule has 61 heavy (non-hydrogen) atoms. The van der Waals surface area contributed by atoms with Crippen molar-refractivity contribution in [1.82, 2.24) is 19.8 Å². The van der Waals surface area contributed by atoms with Gasteiger partial charge in [0, 0.05) is 24.4 Å². The topological polar surface area (TPSA) is 200 Å². The van der Waals surface area contributed by atoms with Gasteiger partial charge in [0.05, 0.1) is 20.8 Å². The number of likely N-dealkylation sites (tertiary alicyclic amines) is 1. The highest BCUT2D eigenvalue weighted by molar-refractivity contribution is 6.38. The molecular formula is C44H56N4O13. The SMILES string of the molecule is CCC(C)(C)C(=O)C(=O)N1CCCC[C@@]1(C)C(=O)O[C@H](CCc1ccc(OC)c(OC)c1)c1cccc(OCCNC(=O)C2OC(C)(C)OC2C(=O)OC(=O)n2ccnc2)c1. The molecule has 3 aromatic rings. The van der Waals surface area contributed by atoms with Gasteiger partial charge in [-0.1, -0.05) is 39.0 Å². The molecule has 330 valence electrons. The van der Waals surface area contributed by atoms with E-state index in [1.54, 1.807) is 65.3 Å². The monoisotopic (exact) mass is 848 g/mol. The number of carbonyl (C=O) groups is 6. The first kappa shape index (κ1) is 46.3. The van der Waals surface area contributed by atoms with Crippen LogP contribution in [0, 0.1) is 5.41 Å². The number of esters is 2. The minimum atomic E-state index is -1.52. The standard InChI is InChI=1S/C44H56N4O13/c1-9-42(2,3)36(49)38(51)48-22-11-10-19-44(48,6)40(53)58-31(17-15-28-16-18-32(55-7)33(25-28)56-8)29-13-12-14-30(26-29)57-24-21-46-37(50)34-35(61-43(4,5)60-34)39(52)59-41(54)47-23-20-45-27-47/h12-14,16,18,20,23,25-27,31,34-35H,9-11,15,17,19,21-22,24H2,1-8H3,(H,46,50)/t31-,34?,35?,44+/m1/s1. The minimum Gasteiger partial charge on any atom is -0.493 e. The van der Waals surface area contributed by atoms with E-state index in [-0.39, 0.29) is 19.7 Å². The van der Waals surface area contributed by atoms with E-state index in [1.165, 1.54) is 31.1 Å². The van der Waals surface area contributed by atoms with Crippen LogP contribution in [0.15, 0.2) is 61.2 Å². The van der Waals surface area contributed by atoms with Gasteiger partial charge in [0.1, 0.15) is 30.3 Å². The molecule has 2 aliphatic rings. The summed E-state index contributed by atoms with van der Waals surface area (Å²) in [5.41, 5.74) is -0.756. The summed E-state index contributed by atoms with van der Waals surface area (Å²) in [6.07, 6.45) is 1.94. The van der Waals surface area contributed by atoms with Gasteiger partial charge < -0.3 is 43.4 Å². The predicted octanol–water partition coefficient (Wildman–Crippen LogP) is 5.12. The van der Waals surface area contributed by atoms with E-state index in [4.69, 9.17) is 33.2 Å². The number of benzene rings is 2. The number of imidazole rings is 1. The molecule has 2 saturated heterocycles. The maximum atomic E-state index is 14.3. The number of ether oxygens (including phenoxy) is 7. The summed E-state index contributed by atoms with van der Waals surface area (Å²) in [6, 6.07) is 12.5. The van der Waals surface area contributed by atoms with Crippen molar-refractivity contribution in [1.29, 1.82) is 0 Å². The number of nitrogens with one attached hydrogen (secondary N) is 1. The number of carbonyl (C=O) groups excluding carboxylic acids is 6. The maximum absolute atomic E-state index is 14.3.